The van der Waals surface area contributed by atoms with Crippen molar-refractivity contribution in [2.75, 3.05) is 18.1 Å². The minimum Gasteiger partial charge on any atom is -0.482 e. The molecule has 1 aliphatic rings. The Bertz CT molecular complexity index is 903. The molecule has 31 heavy (non-hydrogen) atoms. The van der Waals surface area contributed by atoms with E-state index in [2.05, 4.69) is 44.3 Å². The van der Waals surface area contributed by atoms with E-state index in [1.165, 1.54) is 5.56 Å². The number of benzene rings is 2. The number of nitrogens with one attached hydrogen (secondary N) is 1. The molecule has 1 aliphatic heterocycles. The van der Waals surface area contributed by atoms with Crippen LogP contribution in [0, 0.1) is 0 Å². The van der Waals surface area contributed by atoms with E-state index < -0.39 is 0 Å². The molecular weight excluding hydrogens is 388 g/mol. The topological polar surface area (TPSA) is 58.6 Å². The average molecular weight is 423 g/mol. The van der Waals surface area contributed by atoms with Crippen LogP contribution in [0.3, 0.4) is 0 Å². The number of rotatable bonds is 8. The van der Waals surface area contributed by atoms with Crippen LogP contribution in [0.25, 0.3) is 0 Å². The molecule has 0 spiro atoms. The molecule has 0 aromatic heterocycles. The lowest BCUT2D eigenvalue weighted by atomic mass is 9.86. The zero-order valence-corrected chi connectivity index (χ0v) is 19.1. The van der Waals surface area contributed by atoms with Crippen LogP contribution in [0.15, 0.2) is 48.5 Å². The van der Waals surface area contributed by atoms with E-state index >= 15 is 0 Å². The molecule has 3 rings (SSSR count). The number of amides is 2. The van der Waals surface area contributed by atoms with Crippen LogP contribution < -0.4 is 15.0 Å². The van der Waals surface area contributed by atoms with Crippen molar-refractivity contribution in [3.05, 3.63) is 59.7 Å². The van der Waals surface area contributed by atoms with Crippen LogP contribution in [-0.2, 0) is 21.4 Å². The third-order valence-electron chi connectivity index (χ3n) is 5.67. The van der Waals surface area contributed by atoms with Crippen LogP contribution >= 0.6 is 0 Å². The van der Waals surface area contributed by atoms with E-state index in [0.717, 1.165) is 29.8 Å². The first-order valence-electron chi connectivity index (χ1n) is 11.1. The van der Waals surface area contributed by atoms with Gasteiger partial charge in [0, 0.05) is 19.0 Å². The fraction of sp³-hybridized carbons (Fsp3) is 0.462. The smallest absolute Gasteiger partial charge is 0.265 e. The van der Waals surface area contributed by atoms with Gasteiger partial charge in [-0.05, 0) is 54.9 Å². The van der Waals surface area contributed by atoms with Crippen LogP contribution in [0.5, 0.6) is 5.75 Å². The Balaban J connectivity index is 1.51. The molecule has 1 N–H and O–H groups in total. The average Bonchev–Trinajstić information content (AvgIpc) is 2.73. The molecule has 0 fully saturated rings. The predicted molar refractivity (Wildman–Crippen MR) is 125 cm³/mol. The molecule has 166 valence electrons. The summed E-state index contributed by atoms with van der Waals surface area (Å²) in [4.78, 5) is 26.6. The lowest BCUT2D eigenvalue weighted by molar-refractivity contribution is -0.123. The number of fused-ring (bicyclic) bond motifs is 1. The van der Waals surface area contributed by atoms with Crippen molar-refractivity contribution in [3.8, 4) is 5.75 Å². The summed E-state index contributed by atoms with van der Waals surface area (Å²) in [5.41, 5.74) is 3.22. The van der Waals surface area contributed by atoms with E-state index in [4.69, 9.17) is 4.74 Å². The van der Waals surface area contributed by atoms with Gasteiger partial charge >= 0.3 is 0 Å². The maximum atomic E-state index is 12.5. The van der Waals surface area contributed by atoms with Gasteiger partial charge in [-0.2, -0.15) is 0 Å². The van der Waals surface area contributed by atoms with Crippen molar-refractivity contribution in [1.29, 1.82) is 0 Å². The minimum atomic E-state index is -0.0600. The number of carbonyl (C=O) groups excluding carboxylic acids is 2. The van der Waals surface area contributed by atoms with Gasteiger partial charge in [-0.25, -0.2) is 0 Å². The molecule has 5 heteroatoms. The standard InChI is InChI=1S/C26H34N2O3/c1-19(12-13-20-9-6-5-7-10-20)27-24(29)11-8-16-28-22-17-21(26(2,3)4)14-15-23(22)31-18-25(28)30/h5-7,9-10,14-15,17,19H,8,11-13,16,18H2,1-4H3,(H,27,29)/t19-/m1/s1. The summed E-state index contributed by atoms with van der Waals surface area (Å²) in [6, 6.07) is 16.4. The van der Waals surface area contributed by atoms with Gasteiger partial charge in [-0.3, -0.25) is 9.59 Å². The highest BCUT2D eigenvalue weighted by atomic mass is 16.5. The first-order valence-corrected chi connectivity index (χ1v) is 11.1. The van der Waals surface area contributed by atoms with Crippen molar-refractivity contribution >= 4 is 17.5 Å². The highest BCUT2D eigenvalue weighted by molar-refractivity contribution is 5.98. The second-order valence-electron chi connectivity index (χ2n) is 9.36. The van der Waals surface area contributed by atoms with E-state index in [-0.39, 0.29) is 29.9 Å². The lowest BCUT2D eigenvalue weighted by Gasteiger charge is -2.31. The largest absolute Gasteiger partial charge is 0.482 e. The third-order valence-corrected chi connectivity index (χ3v) is 5.67. The molecule has 0 aliphatic carbocycles. The van der Waals surface area contributed by atoms with Crippen LogP contribution in [0.1, 0.15) is 58.1 Å². The molecular formula is C26H34N2O3. The summed E-state index contributed by atoms with van der Waals surface area (Å²) in [7, 11) is 0. The Morgan fingerprint density at radius 2 is 1.90 bits per heavy atom. The Labute approximate surface area is 185 Å². The summed E-state index contributed by atoms with van der Waals surface area (Å²) in [5.74, 6) is 0.701. The molecule has 0 unspecified atom stereocenters. The third kappa shape index (κ3) is 6.33. The van der Waals surface area contributed by atoms with Crippen molar-refractivity contribution in [2.45, 2.75) is 64.8 Å². The monoisotopic (exact) mass is 422 g/mol. The summed E-state index contributed by atoms with van der Waals surface area (Å²) < 4.78 is 5.61. The molecule has 0 radical (unpaired) electrons. The van der Waals surface area contributed by atoms with Gasteiger partial charge in [0.05, 0.1) is 5.69 Å². The van der Waals surface area contributed by atoms with Gasteiger partial charge in [0.15, 0.2) is 6.61 Å². The highest BCUT2D eigenvalue weighted by Gasteiger charge is 2.27. The predicted octanol–water partition coefficient (Wildman–Crippen LogP) is 4.63. The summed E-state index contributed by atoms with van der Waals surface area (Å²) in [6.45, 7) is 9.03. The van der Waals surface area contributed by atoms with Crippen molar-refractivity contribution in [1.82, 2.24) is 5.32 Å². The summed E-state index contributed by atoms with van der Waals surface area (Å²) in [6.07, 6.45) is 2.86. The molecule has 0 saturated heterocycles. The molecule has 0 bridgehead atoms. The van der Waals surface area contributed by atoms with Crippen molar-refractivity contribution in [2.24, 2.45) is 0 Å². The Morgan fingerprint density at radius 1 is 1.16 bits per heavy atom. The van der Waals surface area contributed by atoms with E-state index in [9.17, 15) is 9.59 Å². The highest BCUT2D eigenvalue weighted by Crippen LogP contribution is 2.36. The Kier molecular flexibility index (Phi) is 7.37. The molecule has 5 nitrogen and oxygen atoms in total. The molecule has 0 saturated carbocycles. The second-order valence-corrected chi connectivity index (χ2v) is 9.36. The minimum absolute atomic E-state index is 0.0169. The fourth-order valence-electron chi connectivity index (χ4n) is 3.76. The summed E-state index contributed by atoms with van der Waals surface area (Å²) >= 11 is 0. The number of ether oxygens (including phenoxy) is 1. The maximum Gasteiger partial charge on any atom is 0.265 e. The number of anilines is 1. The van der Waals surface area contributed by atoms with Crippen LogP contribution in [-0.4, -0.2) is 31.0 Å². The van der Waals surface area contributed by atoms with Crippen LogP contribution in [0.4, 0.5) is 5.69 Å². The zero-order chi connectivity index (χ0) is 22.4. The normalized spacial score (nSPS) is 14.6. The van der Waals surface area contributed by atoms with Gasteiger partial charge in [-0.1, -0.05) is 57.2 Å². The number of aryl methyl sites for hydroxylation is 1. The lowest BCUT2D eigenvalue weighted by Crippen LogP contribution is -2.40. The molecule has 1 heterocycles. The van der Waals surface area contributed by atoms with Crippen molar-refractivity contribution in [3.63, 3.8) is 0 Å². The zero-order valence-electron chi connectivity index (χ0n) is 19.1. The number of hydrogen-bond donors (Lipinski definition) is 1. The molecule has 2 aromatic rings. The second kappa shape index (κ2) is 9.99. The Morgan fingerprint density at radius 3 is 2.61 bits per heavy atom. The van der Waals surface area contributed by atoms with Gasteiger partial charge < -0.3 is 15.0 Å². The van der Waals surface area contributed by atoms with Gasteiger partial charge in [-0.15, -0.1) is 0 Å². The van der Waals surface area contributed by atoms with Crippen molar-refractivity contribution < 1.29 is 14.3 Å². The maximum absolute atomic E-state index is 12.5. The first kappa shape index (κ1) is 22.9. The number of nitrogens with zero attached hydrogens (tertiary/aromatic N) is 1. The van der Waals surface area contributed by atoms with Crippen LogP contribution in [0.2, 0.25) is 0 Å². The van der Waals surface area contributed by atoms with E-state index in [0.29, 0.717) is 19.4 Å². The van der Waals surface area contributed by atoms with Gasteiger partial charge in [0.25, 0.3) is 5.91 Å². The van der Waals surface area contributed by atoms with Gasteiger partial charge in [0.2, 0.25) is 5.91 Å². The number of carbonyl (C=O) groups is 2. The quantitative estimate of drug-likeness (QED) is 0.675. The SMILES string of the molecule is C[C@H](CCc1ccccc1)NC(=O)CCCN1C(=O)COc2ccc(C(C)(C)C)cc21. The first-order chi connectivity index (χ1) is 14.7. The molecule has 2 aromatic carbocycles. The van der Waals surface area contributed by atoms with Gasteiger partial charge in [0.1, 0.15) is 5.75 Å². The fourth-order valence-corrected chi connectivity index (χ4v) is 3.76. The number of hydrogen-bond acceptors (Lipinski definition) is 3. The van der Waals surface area contributed by atoms with E-state index in [1.54, 1.807) is 4.90 Å². The Hall–Kier alpha value is -2.82. The molecule has 1 atom stereocenters. The molecule has 2 amide bonds. The van der Waals surface area contributed by atoms with E-state index in [1.807, 2.05) is 37.3 Å². The summed E-state index contributed by atoms with van der Waals surface area (Å²) in [5, 5.41) is 3.08.